The zero-order chi connectivity index (χ0) is 21.3. The van der Waals surface area contributed by atoms with Crippen molar-refractivity contribution in [2.24, 2.45) is 5.92 Å². The van der Waals surface area contributed by atoms with Gasteiger partial charge in [-0.3, -0.25) is 14.2 Å². The van der Waals surface area contributed by atoms with Crippen LogP contribution in [0.5, 0.6) is 5.75 Å². The predicted octanol–water partition coefficient (Wildman–Crippen LogP) is 4.09. The summed E-state index contributed by atoms with van der Waals surface area (Å²) in [5.41, 5.74) is 1.69. The third-order valence-corrected chi connectivity index (χ3v) is 6.76. The fraction of sp³-hybridized carbons (Fsp3) is 0.435. The van der Waals surface area contributed by atoms with Crippen molar-refractivity contribution in [3.63, 3.8) is 0 Å². The average molecular weight is 426 g/mol. The maximum atomic E-state index is 13.3. The SMILES string of the molecule is CCOc1ccc(-c2c(C)sc3ncn(CC(=O)N4CCC(C)CC4)c(=O)c23)cc1. The van der Waals surface area contributed by atoms with Crippen LogP contribution in [0.2, 0.25) is 0 Å². The van der Waals surface area contributed by atoms with Gasteiger partial charge in [-0.1, -0.05) is 19.1 Å². The molecule has 6 nitrogen and oxygen atoms in total. The number of carbonyl (C=O) groups excluding carboxylic acids is 1. The van der Waals surface area contributed by atoms with Gasteiger partial charge in [0.2, 0.25) is 5.91 Å². The Balaban J connectivity index is 1.67. The lowest BCUT2D eigenvalue weighted by molar-refractivity contribution is -0.133. The van der Waals surface area contributed by atoms with Crippen LogP contribution in [0.4, 0.5) is 0 Å². The number of rotatable bonds is 5. The van der Waals surface area contributed by atoms with Crippen molar-refractivity contribution >= 4 is 27.5 Å². The van der Waals surface area contributed by atoms with Crippen molar-refractivity contribution in [2.75, 3.05) is 19.7 Å². The number of hydrogen-bond donors (Lipinski definition) is 0. The maximum Gasteiger partial charge on any atom is 0.263 e. The van der Waals surface area contributed by atoms with Crippen molar-refractivity contribution in [3.8, 4) is 16.9 Å². The van der Waals surface area contributed by atoms with E-state index in [0.717, 1.165) is 47.7 Å². The number of nitrogens with zero attached hydrogens (tertiary/aromatic N) is 3. The molecule has 158 valence electrons. The minimum Gasteiger partial charge on any atom is -0.494 e. The van der Waals surface area contributed by atoms with E-state index in [9.17, 15) is 9.59 Å². The van der Waals surface area contributed by atoms with Gasteiger partial charge in [-0.15, -0.1) is 11.3 Å². The molecule has 0 saturated carbocycles. The molecular weight excluding hydrogens is 398 g/mol. The molecule has 0 unspecified atom stereocenters. The molecule has 0 radical (unpaired) electrons. The second kappa shape index (κ2) is 8.60. The van der Waals surface area contributed by atoms with Crippen molar-refractivity contribution < 1.29 is 9.53 Å². The van der Waals surface area contributed by atoms with Crippen LogP contribution < -0.4 is 10.3 Å². The van der Waals surface area contributed by atoms with Gasteiger partial charge in [0.1, 0.15) is 17.1 Å². The zero-order valence-corrected chi connectivity index (χ0v) is 18.5. The number of aromatic nitrogens is 2. The standard InChI is InChI=1S/C23H27N3O3S/c1-4-29-18-7-5-17(6-8-18)20-16(3)30-22-21(20)23(28)26(14-24-22)13-19(27)25-11-9-15(2)10-12-25/h5-8,14-15H,4,9-13H2,1-3H3. The highest BCUT2D eigenvalue weighted by Gasteiger charge is 2.22. The molecule has 30 heavy (non-hydrogen) atoms. The van der Waals surface area contributed by atoms with Gasteiger partial charge in [0, 0.05) is 23.5 Å². The first kappa shape index (κ1) is 20.6. The lowest BCUT2D eigenvalue weighted by Gasteiger charge is -2.30. The first-order chi connectivity index (χ1) is 14.5. The summed E-state index contributed by atoms with van der Waals surface area (Å²) in [4.78, 5) is 34.2. The highest BCUT2D eigenvalue weighted by Crippen LogP contribution is 2.36. The molecule has 1 aromatic carbocycles. The molecule has 3 heterocycles. The van der Waals surface area contributed by atoms with E-state index in [2.05, 4.69) is 11.9 Å². The molecule has 1 aliphatic heterocycles. The number of carbonyl (C=O) groups is 1. The van der Waals surface area contributed by atoms with Crippen LogP contribution >= 0.6 is 11.3 Å². The highest BCUT2D eigenvalue weighted by atomic mass is 32.1. The molecule has 1 saturated heterocycles. The number of amides is 1. The lowest BCUT2D eigenvalue weighted by atomic mass is 9.99. The zero-order valence-electron chi connectivity index (χ0n) is 17.7. The van der Waals surface area contributed by atoms with Crippen LogP contribution in [0.25, 0.3) is 21.3 Å². The van der Waals surface area contributed by atoms with Gasteiger partial charge >= 0.3 is 0 Å². The summed E-state index contributed by atoms with van der Waals surface area (Å²) in [7, 11) is 0. The number of piperidine rings is 1. The lowest BCUT2D eigenvalue weighted by Crippen LogP contribution is -2.41. The largest absolute Gasteiger partial charge is 0.494 e. The Kier molecular flexibility index (Phi) is 5.90. The van der Waals surface area contributed by atoms with Crippen LogP contribution in [-0.4, -0.2) is 40.1 Å². The molecule has 0 atom stereocenters. The van der Waals surface area contributed by atoms with E-state index < -0.39 is 0 Å². The monoisotopic (exact) mass is 425 g/mol. The Bertz CT molecular complexity index is 1110. The topological polar surface area (TPSA) is 64.4 Å². The van der Waals surface area contributed by atoms with Gasteiger partial charge in [0.15, 0.2) is 0 Å². The van der Waals surface area contributed by atoms with E-state index in [1.54, 1.807) is 0 Å². The molecule has 1 aliphatic rings. The quantitative estimate of drug-likeness (QED) is 0.618. The van der Waals surface area contributed by atoms with E-state index in [1.807, 2.05) is 43.0 Å². The molecule has 2 aromatic heterocycles. The summed E-state index contributed by atoms with van der Waals surface area (Å²) >= 11 is 1.51. The van der Waals surface area contributed by atoms with Crippen LogP contribution in [0.3, 0.4) is 0 Å². The summed E-state index contributed by atoms with van der Waals surface area (Å²) in [6.07, 6.45) is 3.54. The Morgan fingerprint density at radius 2 is 1.93 bits per heavy atom. The number of fused-ring (bicyclic) bond motifs is 1. The third-order valence-electron chi connectivity index (χ3n) is 5.75. The second-order valence-electron chi connectivity index (χ2n) is 7.91. The van der Waals surface area contributed by atoms with E-state index in [0.29, 0.717) is 22.7 Å². The van der Waals surface area contributed by atoms with E-state index in [-0.39, 0.29) is 18.0 Å². The Morgan fingerprint density at radius 3 is 2.60 bits per heavy atom. The van der Waals surface area contributed by atoms with Crippen molar-refractivity contribution in [2.45, 2.75) is 40.2 Å². The highest BCUT2D eigenvalue weighted by molar-refractivity contribution is 7.19. The molecule has 0 aliphatic carbocycles. The predicted molar refractivity (Wildman–Crippen MR) is 120 cm³/mol. The van der Waals surface area contributed by atoms with Crippen molar-refractivity contribution in [3.05, 3.63) is 45.8 Å². The Labute approximate surface area is 180 Å². The second-order valence-corrected chi connectivity index (χ2v) is 9.11. The fourth-order valence-corrected chi connectivity index (χ4v) is 4.99. The first-order valence-electron chi connectivity index (χ1n) is 10.5. The van der Waals surface area contributed by atoms with Gasteiger partial charge in [0.05, 0.1) is 18.3 Å². The smallest absolute Gasteiger partial charge is 0.263 e. The normalized spacial score (nSPS) is 15.0. The van der Waals surface area contributed by atoms with Gasteiger partial charge in [-0.05, 0) is 50.3 Å². The van der Waals surface area contributed by atoms with Gasteiger partial charge < -0.3 is 9.64 Å². The maximum absolute atomic E-state index is 13.3. The molecule has 1 fully saturated rings. The molecule has 0 spiro atoms. The van der Waals surface area contributed by atoms with E-state index in [4.69, 9.17) is 4.74 Å². The summed E-state index contributed by atoms with van der Waals surface area (Å²) in [5, 5.41) is 0.587. The molecule has 0 bridgehead atoms. The molecule has 0 N–H and O–H groups in total. The van der Waals surface area contributed by atoms with E-state index >= 15 is 0 Å². The summed E-state index contributed by atoms with van der Waals surface area (Å²) in [6.45, 7) is 8.34. The van der Waals surface area contributed by atoms with Gasteiger partial charge in [0.25, 0.3) is 5.56 Å². The first-order valence-corrected chi connectivity index (χ1v) is 11.3. The summed E-state index contributed by atoms with van der Waals surface area (Å²) in [6, 6.07) is 7.77. The molecule has 7 heteroatoms. The summed E-state index contributed by atoms with van der Waals surface area (Å²) in [5.74, 6) is 1.44. The van der Waals surface area contributed by atoms with Crippen LogP contribution in [0.1, 0.15) is 31.6 Å². The number of thiophene rings is 1. The minimum absolute atomic E-state index is 0.0141. The number of aryl methyl sites for hydroxylation is 1. The Morgan fingerprint density at radius 1 is 1.23 bits per heavy atom. The molecule has 1 amide bonds. The van der Waals surface area contributed by atoms with Gasteiger partial charge in [-0.2, -0.15) is 0 Å². The molecule has 4 rings (SSSR count). The molecular formula is C23H27N3O3S. The van der Waals surface area contributed by atoms with Crippen LogP contribution in [0, 0.1) is 12.8 Å². The van der Waals surface area contributed by atoms with Crippen molar-refractivity contribution in [1.82, 2.24) is 14.5 Å². The van der Waals surface area contributed by atoms with Gasteiger partial charge in [-0.25, -0.2) is 4.98 Å². The number of benzene rings is 1. The van der Waals surface area contributed by atoms with Crippen LogP contribution in [0.15, 0.2) is 35.4 Å². The number of hydrogen-bond acceptors (Lipinski definition) is 5. The minimum atomic E-state index is -0.160. The summed E-state index contributed by atoms with van der Waals surface area (Å²) < 4.78 is 6.98. The van der Waals surface area contributed by atoms with Crippen LogP contribution in [-0.2, 0) is 11.3 Å². The molecule has 3 aromatic rings. The third kappa shape index (κ3) is 3.99. The van der Waals surface area contributed by atoms with Crippen molar-refractivity contribution in [1.29, 1.82) is 0 Å². The Hall–Kier alpha value is -2.67. The van der Waals surface area contributed by atoms with E-state index in [1.165, 1.54) is 22.2 Å². The number of ether oxygens (including phenoxy) is 1. The fourth-order valence-electron chi connectivity index (χ4n) is 3.99. The average Bonchev–Trinajstić information content (AvgIpc) is 3.08. The number of likely N-dealkylation sites (tertiary alicyclic amines) is 1.